The lowest BCUT2D eigenvalue weighted by Gasteiger charge is -2.21. The van der Waals surface area contributed by atoms with Gasteiger partial charge in [0.15, 0.2) is 0 Å². The van der Waals surface area contributed by atoms with Gasteiger partial charge in [0, 0.05) is 6.42 Å². The van der Waals surface area contributed by atoms with Gasteiger partial charge in [-0.05, 0) is 37.4 Å². The number of piperidine rings is 1. The van der Waals surface area contributed by atoms with Crippen LogP contribution >= 0.6 is 0 Å². The van der Waals surface area contributed by atoms with Gasteiger partial charge in [0.25, 0.3) is 0 Å². The molecule has 0 bridgehead atoms. The van der Waals surface area contributed by atoms with E-state index in [-0.39, 0.29) is 0 Å². The predicted molar refractivity (Wildman–Crippen MR) is 73.3 cm³/mol. The van der Waals surface area contributed by atoms with Crippen LogP contribution in [0.1, 0.15) is 18.7 Å². The molecule has 2 aromatic rings. The molecule has 3 nitrogen and oxygen atoms in total. The zero-order chi connectivity index (χ0) is 12.2. The molecule has 1 saturated heterocycles. The van der Waals surface area contributed by atoms with Crippen LogP contribution in [0.5, 0.6) is 0 Å². The van der Waals surface area contributed by atoms with Gasteiger partial charge in [-0.15, -0.1) is 0 Å². The topological polar surface area (TPSA) is 40.7 Å². The number of imidazole rings is 1. The molecule has 1 aliphatic rings. The van der Waals surface area contributed by atoms with E-state index in [0.717, 1.165) is 36.9 Å². The standard InChI is InChI=1S/C15H19N3/c1-2-4-13(5-3-1)14-11-17-15(18-14)10-12-6-8-16-9-7-12/h1-5,11-12,16H,6-10H2,(H,17,18). The van der Waals surface area contributed by atoms with E-state index in [9.17, 15) is 0 Å². The maximum atomic E-state index is 4.51. The molecule has 1 aromatic heterocycles. The summed E-state index contributed by atoms with van der Waals surface area (Å²) in [6.07, 6.45) is 5.56. The van der Waals surface area contributed by atoms with Crippen molar-refractivity contribution in [2.45, 2.75) is 19.3 Å². The first kappa shape index (κ1) is 11.5. The van der Waals surface area contributed by atoms with Gasteiger partial charge in [0.1, 0.15) is 5.82 Å². The van der Waals surface area contributed by atoms with Crippen molar-refractivity contribution in [3.05, 3.63) is 42.4 Å². The molecule has 0 spiro atoms. The van der Waals surface area contributed by atoms with Crippen molar-refractivity contribution < 1.29 is 0 Å². The summed E-state index contributed by atoms with van der Waals surface area (Å²) in [4.78, 5) is 7.96. The number of benzene rings is 1. The zero-order valence-electron chi connectivity index (χ0n) is 10.5. The highest BCUT2D eigenvalue weighted by molar-refractivity contribution is 5.57. The molecule has 0 amide bonds. The van der Waals surface area contributed by atoms with Gasteiger partial charge in [-0.3, -0.25) is 0 Å². The van der Waals surface area contributed by atoms with Crippen LogP contribution in [0.25, 0.3) is 11.3 Å². The Kier molecular flexibility index (Phi) is 3.42. The number of hydrogen-bond acceptors (Lipinski definition) is 2. The third-order valence-corrected chi connectivity index (χ3v) is 3.65. The second kappa shape index (κ2) is 5.36. The summed E-state index contributed by atoms with van der Waals surface area (Å²) in [6.45, 7) is 2.30. The lowest BCUT2D eigenvalue weighted by molar-refractivity contribution is 0.368. The smallest absolute Gasteiger partial charge is 0.106 e. The number of aromatic amines is 1. The molecular weight excluding hydrogens is 222 g/mol. The fourth-order valence-corrected chi connectivity index (χ4v) is 2.59. The van der Waals surface area contributed by atoms with E-state index in [1.165, 1.54) is 18.4 Å². The molecule has 18 heavy (non-hydrogen) atoms. The molecule has 94 valence electrons. The molecule has 1 aromatic carbocycles. The maximum Gasteiger partial charge on any atom is 0.106 e. The van der Waals surface area contributed by atoms with Crippen LogP contribution in [0.15, 0.2) is 36.5 Å². The summed E-state index contributed by atoms with van der Waals surface area (Å²) in [5.41, 5.74) is 2.33. The number of H-pyrrole nitrogens is 1. The highest BCUT2D eigenvalue weighted by Gasteiger charge is 2.15. The van der Waals surface area contributed by atoms with Gasteiger partial charge in [-0.1, -0.05) is 30.3 Å². The molecule has 0 atom stereocenters. The summed E-state index contributed by atoms with van der Waals surface area (Å²) >= 11 is 0. The highest BCUT2D eigenvalue weighted by Crippen LogP contribution is 2.20. The van der Waals surface area contributed by atoms with Crippen molar-refractivity contribution in [3.63, 3.8) is 0 Å². The summed E-state index contributed by atoms with van der Waals surface area (Å²) in [6, 6.07) is 10.4. The second-order valence-corrected chi connectivity index (χ2v) is 5.01. The fraction of sp³-hybridized carbons (Fsp3) is 0.400. The van der Waals surface area contributed by atoms with Crippen molar-refractivity contribution in [1.82, 2.24) is 15.3 Å². The van der Waals surface area contributed by atoms with Crippen LogP contribution in [-0.4, -0.2) is 23.1 Å². The van der Waals surface area contributed by atoms with Crippen molar-refractivity contribution >= 4 is 0 Å². The minimum Gasteiger partial charge on any atom is -0.342 e. The quantitative estimate of drug-likeness (QED) is 0.867. The predicted octanol–water partition coefficient (Wildman–Crippen LogP) is 2.62. The van der Waals surface area contributed by atoms with E-state index in [0.29, 0.717) is 0 Å². The molecule has 1 fully saturated rings. The van der Waals surface area contributed by atoms with E-state index in [4.69, 9.17) is 0 Å². The van der Waals surface area contributed by atoms with Gasteiger partial charge >= 0.3 is 0 Å². The van der Waals surface area contributed by atoms with Gasteiger partial charge in [-0.25, -0.2) is 4.98 Å². The van der Waals surface area contributed by atoms with E-state index in [2.05, 4.69) is 39.6 Å². The molecule has 1 aliphatic heterocycles. The highest BCUT2D eigenvalue weighted by atomic mass is 14.9. The van der Waals surface area contributed by atoms with Crippen molar-refractivity contribution in [2.24, 2.45) is 5.92 Å². The minimum atomic E-state index is 0.779. The molecule has 0 aliphatic carbocycles. The Morgan fingerprint density at radius 2 is 1.89 bits per heavy atom. The van der Waals surface area contributed by atoms with Gasteiger partial charge in [0.05, 0.1) is 11.9 Å². The number of hydrogen-bond donors (Lipinski definition) is 2. The van der Waals surface area contributed by atoms with Crippen molar-refractivity contribution in [2.75, 3.05) is 13.1 Å². The first-order valence-electron chi connectivity index (χ1n) is 6.72. The molecule has 2 heterocycles. The van der Waals surface area contributed by atoms with Gasteiger partial charge in [-0.2, -0.15) is 0 Å². The molecule has 0 saturated carbocycles. The first-order valence-corrected chi connectivity index (χ1v) is 6.72. The van der Waals surface area contributed by atoms with Crippen molar-refractivity contribution in [3.8, 4) is 11.3 Å². The molecule has 3 heteroatoms. The number of nitrogens with zero attached hydrogens (tertiary/aromatic N) is 1. The van der Waals surface area contributed by atoms with Crippen LogP contribution in [0.4, 0.5) is 0 Å². The first-order chi connectivity index (χ1) is 8.92. The molecule has 2 N–H and O–H groups in total. The number of aromatic nitrogens is 2. The minimum absolute atomic E-state index is 0.779. The lowest BCUT2D eigenvalue weighted by atomic mass is 9.94. The number of nitrogens with one attached hydrogen (secondary N) is 2. The molecular formula is C15H19N3. The van der Waals surface area contributed by atoms with E-state index in [1.807, 2.05) is 12.3 Å². The summed E-state index contributed by atoms with van der Waals surface area (Å²) in [7, 11) is 0. The maximum absolute atomic E-state index is 4.51. The number of rotatable bonds is 3. The molecule has 0 unspecified atom stereocenters. The summed E-state index contributed by atoms with van der Waals surface area (Å²) < 4.78 is 0. The van der Waals surface area contributed by atoms with Crippen LogP contribution in [0, 0.1) is 5.92 Å². The Labute approximate surface area is 108 Å². The largest absolute Gasteiger partial charge is 0.342 e. The van der Waals surface area contributed by atoms with E-state index >= 15 is 0 Å². The Morgan fingerprint density at radius 3 is 2.67 bits per heavy atom. The van der Waals surface area contributed by atoms with Crippen LogP contribution in [-0.2, 0) is 6.42 Å². The third-order valence-electron chi connectivity index (χ3n) is 3.65. The van der Waals surface area contributed by atoms with Gasteiger partial charge in [0.2, 0.25) is 0 Å². The lowest BCUT2D eigenvalue weighted by Crippen LogP contribution is -2.28. The Hall–Kier alpha value is -1.61. The monoisotopic (exact) mass is 241 g/mol. The third kappa shape index (κ3) is 2.62. The van der Waals surface area contributed by atoms with Crippen LogP contribution in [0.3, 0.4) is 0 Å². The fourth-order valence-electron chi connectivity index (χ4n) is 2.59. The molecule has 0 radical (unpaired) electrons. The summed E-state index contributed by atoms with van der Waals surface area (Å²) in [5.74, 6) is 1.90. The second-order valence-electron chi connectivity index (χ2n) is 5.01. The normalized spacial score (nSPS) is 16.9. The summed E-state index contributed by atoms with van der Waals surface area (Å²) in [5, 5.41) is 3.40. The van der Waals surface area contributed by atoms with E-state index in [1.54, 1.807) is 0 Å². The average Bonchev–Trinajstić information content (AvgIpc) is 2.89. The average molecular weight is 241 g/mol. The van der Waals surface area contributed by atoms with Crippen LogP contribution in [0.2, 0.25) is 0 Å². The Bertz CT molecular complexity index is 483. The zero-order valence-corrected chi connectivity index (χ0v) is 10.5. The van der Waals surface area contributed by atoms with Crippen molar-refractivity contribution in [1.29, 1.82) is 0 Å². The van der Waals surface area contributed by atoms with Gasteiger partial charge < -0.3 is 10.3 Å². The Balaban J connectivity index is 1.69. The van der Waals surface area contributed by atoms with Crippen LogP contribution < -0.4 is 5.32 Å². The Morgan fingerprint density at radius 1 is 1.11 bits per heavy atom. The van der Waals surface area contributed by atoms with E-state index < -0.39 is 0 Å². The SMILES string of the molecule is c1ccc(-c2cnc(CC3CCNCC3)[nH]2)cc1. The molecule has 3 rings (SSSR count).